The van der Waals surface area contributed by atoms with E-state index in [1.54, 1.807) is 0 Å². The van der Waals surface area contributed by atoms with Crippen LogP contribution in [0.2, 0.25) is 0 Å². The zero-order valence-corrected chi connectivity index (χ0v) is 10.4. The van der Waals surface area contributed by atoms with Crippen LogP contribution in [0.5, 0.6) is 0 Å². The van der Waals surface area contributed by atoms with Crippen molar-refractivity contribution in [3.63, 3.8) is 0 Å². The average Bonchev–Trinajstić information content (AvgIpc) is 3.13. The van der Waals surface area contributed by atoms with Gasteiger partial charge in [-0.15, -0.1) is 0 Å². The minimum Gasteiger partial charge on any atom is -0.480 e. The zero-order chi connectivity index (χ0) is 14.9. The molecule has 0 aromatic carbocycles. The first-order chi connectivity index (χ1) is 9.43. The van der Waals surface area contributed by atoms with Crippen molar-refractivity contribution in [3.8, 4) is 0 Å². The van der Waals surface area contributed by atoms with Gasteiger partial charge in [0.25, 0.3) is 11.6 Å². The Balaban J connectivity index is 2.24. The van der Waals surface area contributed by atoms with Crippen LogP contribution in [-0.2, 0) is 4.79 Å². The van der Waals surface area contributed by atoms with Crippen LogP contribution in [0, 0.1) is 10.1 Å². The van der Waals surface area contributed by atoms with Gasteiger partial charge in [0.05, 0.1) is 17.7 Å². The first-order valence-corrected chi connectivity index (χ1v) is 5.94. The number of carbonyl (C=O) groups is 2. The highest BCUT2D eigenvalue weighted by Crippen LogP contribution is 2.37. The Kier molecular flexibility index (Phi) is 3.70. The Labute approximate surface area is 113 Å². The fraction of sp³-hybridized carbons (Fsp3) is 0.455. The normalized spacial score (nSPS) is 15.7. The van der Waals surface area contributed by atoms with E-state index in [0.717, 1.165) is 18.9 Å². The number of hydrogen-bond acceptors (Lipinski definition) is 5. The van der Waals surface area contributed by atoms with E-state index >= 15 is 0 Å². The molecule has 0 spiro atoms. The minimum atomic E-state index is -1.44. The van der Waals surface area contributed by atoms with Gasteiger partial charge in [0.1, 0.15) is 5.69 Å². The molecule has 2 rings (SSSR count). The quantitative estimate of drug-likeness (QED) is 0.493. The highest BCUT2D eigenvalue weighted by atomic mass is 16.6. The van der Waals surface area contributed by atoms with Gasteiger partial charge in [-0.05, 0) is 12.8 Å². The maximum atomic E-state index is 12.0. The molecule has 1 heterocycles. The fourth-order valence-electron chi connectivity index (χ4n) is 1.82. The molecule has 1 aromatic rings. The third-order valence-corrected chi connectivity index (χ3v) is 3.00. The van der Waals surface area contributed by atoms with Crippen molar-refractivity contribution in [1.29, 1.82) is 0 Å². The molecule has 108 valence electrons. The third kappa shape index (κ3) is 2.77. The van der Waals surface area contributed by atoms with E-state index in [1.807, 2.05) is 0 Å². The second kappa shape index (κ2) is 5.29. The van der Waals surface area contributed by atoms with Gasteiger partial charge in [-0.3, -0.25) is 14.9 Å². The number of nitro groups is 1. The summed E-state index contributed by atoms with van der Waals surface area (Å²) in [6, 6.07) is -0.310. The standard InChI is InChI=1S/C11H13N3O6/c15-5-8(11(17)18)12-10(16)9-3-7(14(19)20)4-13(9)6-1-2-6/h3-4,6,8,15H,1-2,5H2,(H,12,16)(H,17,18). The monoisotopic (exact) mass is 283 g/mol. The summed E-state index contributed by atoms with van der Waals surface area (Å²) in [5.74, 6) is -2.13. The number of aliphatic hydroxyl groups excluding tert-OH is 1. The summed E-state index contributed by atoms with van der Waals surface area (Å²) in [5.41, 5.74) is -0.197. The molecule has 0 bridgehead atoms. The number of aromatic nitrogens is 1. The molecule has 1 aliphatic rings. The van der Waals surface area contributed by atoms with E-state index in [9.17, 15) is 19.7 Å². The Morgan fingerprint density at radius 3 is 2.65 bits per heavy atom. The molecule has 20 heavy (non-hydrogen) atoms. The van der Waals surface area contributed by atoms with E-state index in [2.05, 4.69) is 5.32 Å². The third-order valence-electron chi connectivity index (χ3n) is 3.00. The predicted molar refractivity (Wildman–Crippen MR) is 65.3 cm³/mol. The number of amides is 1. The van der Waals surface area contributed by atoms with Crippen molar-refractivity contribution in [2.75, 3.05) is 6.61 Å². The lowest BCUT2D eigenvalue weighted by Crippen LogP contribution is -2.43. The number of hydrogen-bond donors (Lipinski definition) is 3. The smallest absolute Gasteiger partial charge is 0.328 e. The first-order valence-electron chi connectivity index (χ1n) is 5.94. The van der Waals surface area contributed by atoms with Crippen LogP contribution in [0.3, 0.4) is 0 Å². The van der Waals surface area contributed by atoms with Crippen molar-refractivity contribution in [2.24, 2.45) is 0 Å². The Morgan fingerprint density at radius 2 is 2.20 bits per heavy atom. The van der Waals surface area contributed by atoms with Crippen molar-refractivity contribution in [1.82, 2.24) is 9.88 Å². The minimum absolute atomic E-state index is 0.0268. The highest BCUT2D eigenvalue weighted by molar-refractivity contribution is 5.96. The average molecular weight is 283 g/mol. The molecular formula is C11H13N3O6. The van der Waals surface area contributed by atoms with Gasteiger partial charge < -0.3 is 20.1 Å². The fourth-order valence-corrected chi connectivity index (χ4v) is 1.82. The maximum Gasteiger partial charge on any atom is 0.328 e. The van der Waals surface area contributed by atoms with Crippen LogP contribution in [-0.4, -0.2) is 44.2 Å². The van der Waals surface area contributed by atoms with Crippen molar-refractivity contribution < 1.29 is 24.7 Å². The molecule has 1 aromatic heterocycles. The molecule has 0 radical (unpaired) electrons. The molecular weight excluding hydrogens is 270 g/mol. The molecule has 1 amide bonds. The summed E-state index contributed by atoms with van der Waals surface area (Å²) >= 11 is 0. The molecule has 1 saturated carbocycles. The lowest BCUT2D eigenvalue weighted by atomic mass is 10.3. The van der Waals surface area contributed by atoms with E-state index in [1.165, 1.54) is 10.8 Å². The summed E-state index contributed by atoms with van der Waals surface area (Å²) in [7, 11) is 0. The molecule has 9 heteroatoms. The van der Waals surface area contributed by atoms with Crippen LogP contribution in [0.1, 0.15) is 29.4 Å². The van der Waals surface area contributed by atoms with Gasteiger partial charge in [-0.1, -0.05) is 0 Å². The summed E-state index contributed by atoms with van der Waals surface area (Å²) in [6.07, 6.45) is 2.89. The van der Waals surface area contributed by atoms with Gasteiger partial charge in [0.2, 0.25) is 0 Å². The molecule has 1 aliphatic carbocycles. The number of nitrogens with zero attached hydrogens (tertiary/aromatic N) is 2. The molecule has 3 N–H and O–H groups in total. The molecule has 0 aliphatic heterocycles. The number of carbonyl (C=O) groups excluding carboxylic acids is 1. The lowest BCUT2D eigenvalue weighted by Gasteiger charge is -2.12. The second-order valence-corrected chi connectivity index (χ2v) is 4.53. The van der Waals surface area contributed by atoms with Crippen LogP contribution in [0.25, 0.3) is 0 Å². The topological polar surface area (TPSA) is 135 Å². The van der Waals surface area contributed by atoms with Crippen molar-refractivity contribution in [2.45, 2.75) is 24.9 Å². The number of rotatable bonds is 6. The van der Waals surface area contributed by atoms with Gasteiger partial charge in [0.15, 0.2) is 6.04 Å². The predicted octanol–water partition coefficient (Wildman–Crippen LogP) is -0.0935. The van der Waals surface area contributed by atoms with E-state index in [-0.39, 0.29) is 17.4 Å². The van der Waals surface area contributed by atoms with E-state index in [0.29, 0.717) is 0 Å². The lowest BCUT2D eigenvalue weighted by molar-refractivity contribution is -0.384. The van der Waals surface area contributed by atoms with E-state index in [4.69, 9.17) is 10.2 Å². The Morgan fingerprint density at radius 1 is 1.55 bits per heavy atom. The molecule has 1 unspecified atom stereocenters. The van der Waals surface area contributed by atoms with Gasteiger partial charge in [-0.2, -0.15) is 0 Å². The number of aliphatic carboxylic acids is 1. The van der Waals surface area contributed by atoms with Gasteiger partial charge in [0, 0.05) is 12.1 Å². The number of carboxylic acids is 1. The molecule has 1 atom stereocenters. The molecule has 0 saturated heterocycles. The van der Waals surface area contributed by atoms with Crippen LogP contribution < -0.4 is 5.32 Å². The van der Waals surface area contributed by atoms with Gasteiger partial charge in [-0.25, -0.2) is 4.79 Å². The zero-order valence-electron chi connectivity index (χ0n) is 10.4. The highest BCUT2D eigenvalue weighted by Gasteiger charge is 2.31. The summed E-state index contributed by atoms with van der Waals surface area (Å²) in [5, 5.41) is 30.5. The SMILES string of the molecule is O=C(NC(CO)C(=O)O)c1cc([N+](=O)[O-])cn1C1CC1. The van der Waals surface area contributed by atoms with Crippen LogP contribution in [0.15, 0.2) is 12.3 Å². The molecule has 1 fully saturated rings. The largest absolute Gasteiger partial charge is 0.480 e. The second-order valence-electron chi connectivity index (χ2n) is 4.53. The van der Waals surface area contributed by atoms with Crippen LogP contribution in [0.4, 0.5) is 5.69 Å². The number of carboxylic acid groups (broad SMARTS) is 1. The molecule has 9 nitrogen and oxygen atoms in total. The summed E-state index contributed by atoms with van der Waals surface area (Å²) in [6.45, 7) is -0.757. The van der Waals surface area contributed by atoms with Gasteiger partial charge >= 0.3 is 5.97 Å². The Bertz CT molecular complexity index is 563. The number of nitrogens with one attached hydrogen (secondary N) is 1. The first kappa shape index (κ1) is 14.0. The summed E-state index contributed by atoms with van der Waals surface area (Å²) in [4.78, 5) is 32.9. The van der Waals surface area contributed by atoms with Crippen molar-refractivity contribution >= 4 is 17.6 Å². The van der Waals surface area contributed by atoms with E-state index < -0.39 is 29.4 Å². The number of aliphatic hydroxyl groups is 1. The van der Waals surface area contributed by atoms with Crippen LogP contribution >= 0.6 is 0 Å². The van der Waals surface area contributed by atoms with Crippen molar-refractivity contribution in [3.05, 3.63) is 28.1 Å². The Hall–Kier alpha value is -2.42. The maximum absolute atomic E-state index is 12.0. The summed E-state index contributed by atoms with van der Waals surface area (Å²) < 4.78 is 1.48.